The van der Waals surface area contributed by atoms with Crippen molar-refractivity contribution in [3.05, 3.63) is 28.2 Å². The van der Waals surface area contributed by atoms with Crippen LogP contribution >= 0.6 is 15.9 Å². The Labute approximate surface area is 141 Å². The maximum absolute atomic E-state index is 12.1. The van der Waals surface area contributed by atoms with Crippen molar-refractivity contribution in [1.29, 1.82) is 0 Å². The molecule has 3 N–H and O–H groups in total. The first-order chi connectivity index (χ1) is 10.9. The van der Waals surface area contributed by atoms with Gasteiger partial charge in [-0.15, -0.1) is 0 Å². The third-order valence-corrected chi connectivity index (χ3v) is 4.17. The van der Waals surface area contributed by atoms with E-state index in [2.05, 4.69) is 15.9 Å². The van der Waals surface area contributed by atoms with Crippen LogP contribution in [0, 0.1) is 5.92 Å². The number of amides is 2. The summed E-state index contributed by atoms with van der Waals surface area (Å²) in [6, 6.07) is 4.34. The molecule has 2 rings (SSSR count). The fourth-order valence-corrected chi connectivity index (χ4v) is 2.77. The molecule has 1 atom stereocenters. The normalized spacial score (nSPS) is 17.6. The molecular formula is C15H17BrN2O5. The summed E-state index contributed by atoms with van der Waals surface area (Å²) in [6.07, 6.45) is 1.34. The van der Waals surface area contributed by atoms with E-state index < -0.39 is 24.4 Å². The van der Waals surface area contributed by atoms with Crippen molar-refractivity contribution in [1.82, 2.24) is 4.90 Å². The number of hydrogen-bond donors (Lipinski definition) is 2. The fraction of sp³-hybridized carbons (Fsp3) is 0.400. The topological polar surface area (TPSA) is 110 Å². The number of carbonyl (C=O) groups excluding carboxylic acids is 3. The highest BCUT2D eigenvalue weighted by molar-refractivity contribution is 9.10. The second kappa shape index (κ2) is 7.45. The smallest absolute Gasteiger partial charge is 0.342 e. The van der Waals surface area contributed by atoms with Crippen LogP contribution < -0.4 is 5.73 Å². The maximum atomic E-state index is 12.1. The highest BCUT2D eigenvalue weighted by Gasteiger charge is 2.27. The number of halogens is 1. The molecule has 8 heteroatoms. The first kappa shape index (κ1) is 17.3. The second-order valence-corrected chi connectivity index (χ2v) is 6.23. The van der Waals surface area contributed by atoms with Crippen molar-refractivity contribution in [3.8, 4) is 5.75 Å². The van der Waals surface area contributed by atoms with E-state index in [4.69, 9.17) is 10.5 Å². The molecule has 1 aromatic carbocycles. The number of phenols is 1. The molecule has 124 valence electrons. The number of hydrogen-bond acceptors (Lipinski definition) is 5. The van der Waals surface area contributed by atoms with E-state index in [9.17, 15) is 19.5 Å². The molecule has 0 aliphatic carbocycles. The zero-order chi connectivity index (χ0) is 17.0. The maximum Gasteiger partial charge on any atom is 0.342 e. The lowest BCUT2D eigenvalue weighted by atomic mass is 9.97. The molecule has 1 heterocycles. The fourth-order valence-electron chi connectivity index (χ4n) is 2.40. The van der Waals surface area contributed by atoms with Gasteiger partial charge in [-0.05, 0) is 31.0 Å². The first-order valence-electron chi connectivity index (χ1n) is 7.11. The predicted octanol–water partition coefficient (Wildman–Crippen LogP) is 1.04. The SMILES string of the molecule is NC(=O)[C@@H]1CCCN(C(=O)COC(=O)c2cc(Br)ccc2O)C1. The van der Waals surface area contributed by atoms with Crippen LogP contribution in [0.4, 0.5) is 0 Å². The van der Waals surface area contributed by atoms with Gasteiger partial charge in [0.2, 0.25) is 5.91 Å². The Kier molecular flexibility index (Phi) is 5.59. The molecule has 23 heavy (non-hydrogen) atoms. The average molecular weight is 385 g/mol. The van der Waals surface area contributed by atoms with E-state index >= 15 is 0 Å². The van der Waals surface area contributed by atoms with Crippen LogP contribution in [0.3, 0.4) is 0 Å². The predicted molar refractivity (Wildman–Crippen MR) is 84.6 cm³/mol. The minimum Gasteiger partial charge on any atom is -0.507 e. The van der Waals surface area contributed by atoms with Crippen LogP contribution in [0.15, 0.2) is 22.7 Å². The Balaban J connectivity index is 1.92. The molecule has 0 spiro atoms. The molecule has 2 amide bonds. The lowest BCUT2D eigenvalue weighted by molar-refractivity contribution is -0.137. The molecule has 1 aliphatic rings. The van der Waals surface area contributed by atoms with Crippen LogP contribution in [0.2, 0.25) is 0 Å². The van der Waals surface area contributed by atoms with Crippen molar-refractivity contribution in [2.75, 3.05) is 19.7 Å². The van der Waals surface area contributed by atoms with Gasteiger partial charge in [0.05, 0.1) is 5.92 Å². The van der Waals surface area contributed by atoms with Crippen molar-refractivity contribution < 1.29 is 24.2 Å². The van der Waals surface area contributed by atoms with Gasteiger partial charge in [-0.2, -0.15) is 0 Å². The van der Waals surface area contributed by atoms with E-state index in [1.54, 1.807) is 6.07 Å². The van der Waals surface area contributed by atoms with Gasteiger partial charge in [0.25, 0.3) is 5.91 Å². The molecule has 0 unspecified atom stereocenters. The van der Waals surface area contributed by atoms with Crippen LogP contribution in [-0.2, 0) is 14.3 Å². The Bertz CT molecular complexity index is 634. The Morgan fingerprint density at radius 3 is 2.83 bits per heavy atom. The summed E-state index contributed by atoms with van der Waals surface area (Å²) in [4.78, 5) is 36.7. The largest absolute Gasteiger partial charge is 0.507 e. The average Bonchev–Trinajstić information content (AvgIpc) is 2.54. The van der Waals surface area contributed by atoms with E-state index in [0.29, 0.717) is 23.9 Å². The number of aromatic hydroxyl groups is 1. The molecule has 0 radical (unpaired) electrons. The number of ether oxygens (including phenoxy) is 1. The molecule has 1 fully saturated rings. The van der Waals surface area contributed by atoms with E-state index in [1.807, 2.05) is 0 Å². The summed E-state index contributed by atoms with van der Waals surface area (Å²) in [5, 5.41) is 9.65. The number of carbonyl (C=O) groups is 3. The number of esters is 1. The Morgan fingerprint density at radius 2 is 2.13 bits per heavy atom. The molecule has 0 saturated carbocycles. The first-order valence-corrected chi connectivity index (χ1v) is 7.90. The van der Waals surface area contributed by atoms with Crippen molar-refractivity contribution >= 4 is 33.7 Å². The molecule has 7 nitrogen and oxygen atoms in total. The Morgan fingerprint density at radius 1 is 1.39 bits per heavy atom. The third kappa shape index (κ3) is 4.44. The second-order valence-electron chi connectivity index (χ2n) is 5.32. The molecule has 1 saturated heterocycles. The highest BCUT2D eigenvalue weighted by atomic mass is 79.9. The summed E-state index contributed by atoms with van der Waals surface area (Å²) in [5.74, 6) is -2.20. The van der Waals surface area contributed by atoms with Gasteiger partial charge in [-0.3, -0.25) is 9.59 Å². The minimum absolute atomic E-state index is 0.0270. The van der Waals surface area contributed by atoms with Gasteiger partial charge in [0.15, 0.2) is 6.61 Å². The Hall–Kier alpha value is -2.09. The number of nitrogens with zero attached hydrogens (tertiary/aromatic N) is 1. The number of nitrogens with two attached hydrogens (primary N) is 1. The highest BCUT2D eigenvalue weighted by Crippen LogP contribution is 2.22. The number of likely N-dealkylation sites (tertiary alicyclic amines) is 1. The lowest BCUT2D eigenvalue weighted by Crippen LogP contribution is -2.45. The van der Waals surface area contributed by atoms with Gasteiger partial charge < -0.3 is 20.5 Å². The number of phenolic OH excluding ortho intramolecular Hbond substituents is 1. The molecule has 1 aliphatic heterocycles. The minimum atomic E-state index is -0.791. The molecular weight excluding hydrogens is 368 g/mol. The van der Waals surface area contributed by atoms with Crippen LogP contribution in [-0.4, -0.2) is 47.5 Å². The monoisotopic (exact) mass is 384 g/mol. The molecule has 1 aromatic rings. The molecule has 0 aromatic heterocycles. The molecule has 0 bridgehead atoms. The standard InChI is InChI=1S/C15H17BrN2O5/c16-10-3-4-12(19)11(6-10)15(22)23-8-13(20)18-5-1-2-9(7-18)14(17)21/h3-4,6,9,19H,1-2,5,7-8H2,(H2,17,21)/t9-/m1/s1. The summed E-state index contributed by atoms with van der Waals surface area (Å²) >= 11 is 3.19. The van der Waals surface area contributed by atoms with Crippen LogP contribution in [0.25, 0.3) is 0 Å². The van der Waals surface area contributed by atoms with E-state index in [-0.39, 0.29) is 23.8 Å². The zero-order valence-electron chi connectivity index (χ0n) is 12.3. The zero-order valence-corrected chi connectivity index (χ0v) is 13.9. The van der Waals surface area contributed by atoms with Gasteiger partial charge in [-0.1, -0.05) is 15.9 Å². The summed E-state index contributed by atoms with van der Waals surface area (Å²) in [5.41, 5.74) is 5.24. The van der Waals surface area contributed by atoms with E-state index in [0.717, 1.165) is 0 Å². The van der Waals surface area contributed by atoms with Gasteiger partial charge in [0.1, 0.15) is 11.3 Å². The van der Waals surface area contributed by atoms with Gasteiger partial charge in [-0.25, -0.2) is 4.79 Å². The number of benzene rings is 1. The van der Waals surface area contributed by atoms with Crippen LogP contribution in [0.5, 0.6) is 5.75 Å². The summed E-state index contributed by atoms with van der Waals surface area (Å²) in [7, 11) is 0. The number of rotatable bonds is 4. The third-order valence-electron chi connectivity index (χ3n) is 3.68. The number of piperidine rings is 1. The summed E-state index contributed by atoms with van der Waals surface area (Å²) < 4.78 is 5.55. The summed E-state index contributed by atoms with van der Waals surface area (Å²) in [6.45, 7) is 0.298. The lowest BCUT2D eigenvalue weighted by Gasteiger charge is -2.31. The van der Waals surface area contributed by atoms with Crippen molar-refractivity contribution in [3.63, 3.8) is 0 Å². The van der Waals surface area contributed by atoms with Crippen molar-refractivity contribution in [2.45, 2.75) is 12.8 Å². The van der Waals surface area contributed by atoms with Gasteiger partial charge >= 0.3 is 5.97 Å². The quantitative estimate of drug-likeness (QED) is 0.753. The van der Waals surface area contributed by atoms with Crippen LogP contribution in [0.1, 0.15) is 23.2 Å². The van der Waals surface area contributed by atoms with E-state index in [1.165, 1.54) is 17.0 Å². The number of primary amides is 1. The van der Waals surface area contributed by atoms with Crippen molar-refractivity contribution in [2.24, 2.45) is 11.7 Å². The van der Waals surface area contributed by atoms with Gasteiger partial charge in [0, 0.05) is 17.6 Å².